The Bertz CT molecular complexity index is 1130. The van der Waals surface area contributed by atoms with Gasteiger partial charge in [0.15, 0.2) is 5.79 Å². The molecule has 5 unspecified atom stereocenters. The largest absolute Gasteiger partial charge is 1.00 e. The van der Waals surface area contributed by atoms with Gasteiger partial charge in [0.25, 0.3) is 0 Å². The molecule has 10 atom stereocenters. The van der Waals surface area contributed by atoms with Gasteiger partial charge in [-0.05, 0) is 74.0 Å². The highest BCUT2D eigenvalue weighted by molar-refractivity contribution is 5.66. The first-order valence-electron chi connectivity index (χ1n) is 18.2. The van der Waals surface area contributed by atoms with Gasteiger partial charge in [-0.3, -0.25) is 19.4 Å². The van der Waals surface area contributed by atoms with Crippen LogP contribution in [0.15, 0.2) is 0 Å². The number of hydrogen-bond donors (Lipinski definition) is 0. The highest BCUT2D eigenvalue weighted by Gasteiger charge is 2.65. The number of piperidine rings is 1. The zero-order valence-corrected chi connectivity index (χ0v) is 30.9. The molecule has 3 saturated heterocycles. The Morgan fingerprint density at radius 2 is 1.39 bits per heavy atom. The quantitative estimate of drug-likeness (QED) is 0.318. The minimum atomic E-state index is -0.404. The lowest BCUT2D eigenvalue weighted by Crippen LogP contribution is -3.00. The molecule has 3 heterocycles. The molecule has 0 aromatic rings. The maximum atomic E-state index is 12.5. The van der Waals surface area contributed by atoms with E-state index in [1.807, 2.05) is 0 Å². The van der Waals surface area contributed by atoms with Crippen molar-refractivity contribution in [2.45, 2.75) is 116 Å². The first-order chi connectivity index (χ1) is 21.3. The molecule has 10 heteroatoms. The summed E-state index contributed by atoms with van der Waals surface area (Å²) in [6.45, 7) is 16.0. The van der Waals surface area contributed by atoms with Crippen molar-refractivity contribution in [2.24, 2.45) is 34.5 Å². The number of carbonyl (C=O) groups is 2. The van der Waals surface area contributed by atoms with Crippen LogP contribution in [0.25, 0.3) is 0 Å². The van der Waals surface area contributed by atoms with E-state index in [4.69, 9.17) is 18.9 Å². The number of rotatable bonds is 4. The van der Waals surface area contributed by atoms with Crippen molar-refractivity contribution in [1.29, 1.82) is 0 Å². The summed E-state index contributed by atoms with van der Waals surface area (Å²) in [5.74, 6) is 1.77. The van der Waals surface area contributed by atoms with Crippen LogP contribution in [0, 0.1) is 34.5 Å². The Kier molecular flexibility index (Phi) is 9.78. The van der Waals surface area contributed by atoms with E-state index in [9.17, 15) is 9.59 Å². The summed E-state index contributed by atoms with van der Waals surface area (Å²) >= 11 is 0. The van der Waals surface area contributed by atoms with Gasteiger partial charge < -0.3 is 40.4 Å². The van der Waals surface area contributed by atoms with Crippen LogP contribution < -0.4 is 17.0 Å². The number of fused-ring (bicyclic) bond motifs is 5. The number of ether oxygens (including phenoxy) is 4. The van der Waals surface area contributed by atoms with Crippen LogP contribution in [0.3, 0.4) is 0 Å². The number of quaternary nitrogens is 1. The monoisotopic (exact) mass is 709 g/mol. The predicted molar refractivity (Wildman–Crippen MR) is 170 cm³/mol. The molecule has 7 fully saturated rings. The van der Waals surface area contributed by atoms with Gasteiger partial charge >= 0.3 is 11.9 Å². The lowest BCUT2D eigenvalue weighted by Gasteiger charge is -2.62. The van der Waals surface area contributed by atoms with Gasteiger partial charge in [-0.1, -0.05) is 13.8 Å². The smallest absolute Gasteiger partial charge is 0.302 e. The van der Waals surface area contributed by atoms with Crippen molar-refractivity contribution in [3.05, 3.63) is 0 Å². The van der Waals surface area contributed by atoms with Crippen molar-refractivity contribution in [3.63, 3.8) is 0 Å². The van der Waals surface area contributed by atoms with Gasteiger partial charge in [0.1, 0.15) is 12.2 Å². The number of likely N-dealkylation sites (tertiary alicyclic amines) is 1. The number of esters is 2. The zero-order valence-electron chi connectivity index (χ0n) is 29.3. The summed E-state index contributed by atoms with van der Waals surface area (Å²) in [7, 11) is 4.67. The Morgan fingerprint density at radius 3 is 2.02 bits per heavy atom. The molecule has 7 rings (SSSR count). The number of carbonyl (C=O) groups excluding carboxylic acids is 2. The molecule has 1 spiro atoms. The molecule has 46 heavy (non-hydrogen) atoms. The summed E-state index contributed by atoms with van der Waals surface area (Å²) in [6, 6.07) is 0.558. The second-order valence-electron chi connectivity index (χ2n) is 17.3. The number of piperazine rings is 1. The maximum Gasteiger partial charge on any atom is 0.302 e. The van der Waals surface area contributed by atoms with E-state index in [1.165, 1.54) is 19.3 Å². The maximum absolute atomic E-state index is 12.5. The molecule has 7 aliphatic rings. The van der Waals surface area contributed by atoms with Crippen molar-refractivity contribution in [2.75, 3.05) is 66.6 Å². The predicted octanol–water partition coefficient (Wildman–Crippen LogP) is 1.08. The summed E-state index contributed by atoms with van der Waals surface area (Å²) in [6.07, 6.45) is 9.69. The average Bonchev–Trinajstić information content (AvgIpc) is 3.55. The zero-order chi connectivity index (χ0) is 31.8. The van der Waals surface area contributed by atoms with Crippen LogP contribution in [-0.4, -0.2) is 123 Å². The van der Waals surface area contributed by atoms with Crippen LogP contribution in [-0.2, 0) is 28.5 Å². The topological polar surface area (TPSA) is 77.5 Å². The molecule has 0 radical (unpaired) electrons. The molecule has 4 saturated carbocycles. The molecule has 9 nitrogen and oxygen atoms in total. The van der Waals surface area contributed by atoms with E-state index < -0.39 is 5.79 Å². The first kappa shape index (κ1) is 35.1. The van der Waals surface area contributed by atoms with Gasteiger partial charge in [-0.15, -0.1) is 0 Å². The minimum absolute atomic E-state index is 0. The van der Waals surface area contributed by atoms with Crippen LogP contribution in [0.4, 0.5) is 0 Å². The number of nitrogens with zero attached hydrogens (tertiary/aromatic N) is 3. The van der Waals surface area contributed by atoms with Crippen molar-refractivity contribution in [1.82, 2.24) is 9.80 Å². The van der Waals surface area contributed by atoms with Crippen molar-refractivity contribution in [3.8, 4) is 0 Å². The van der Waals surface area contributed by atoms with E-state index in [1.54, 1.807) is 13.8 Å². The normalized spacial score (nSPS) is 45.2. The molecule has 0 amide bonds. The van der Waals surface area contributed by atoms with Crippen LogP contribution in [0.2, 0.25) is 0 Å². The summed E-state index contributed by atoms with van der Waals surface area (Å²) in [4.78, 5) is 30.2. The lowest BCUT2D eigenvalue weighted by atomic mass is 9.44. The molecule has 0 bridgehead atoms. The Balaban J connectivity index is 0.00000372. The molecule has 0 N–H and O–H groups in total. The van der Waals surface area contributed by atoms with E-state index in [-0.39, 0.29) is 58.0 Å². The molecule has 0 aromatic carbocycles. The van der Waals surface area contributed by atoms with Crippen LogP contribution in [0.5, 0.6) is 0 Å². The van der Waals surface area contributed by atoms with E-state index in [0.29, 0.717) is 42.9 Å². The summed E-state index contributed by atoms with van der Waals surface area (Å²) in [5, 5.41) is 0. The van der Waals surface area contributed by atoms with Crippen LogP contribution in [0.1, 0.15) is 85.5 Å². The fourth-order valence-electron chi connectivity index (χ4n) is 12.0. The SMILES string of the molecule is CC(=O)OC1CC2CC[C@@H]3[C@@H](CC[C@]4(C)C(OC(C)=O)C(N5CC[N+](C)(C)CC5)C[C@@H]34)[C@@]2(C)CC1N1CCC2(CC1)OCCO2.[Br-]. The van der Waals surface area contributed by atoms with E-state index in [2.05, 4.69) is 37.7 Å². The third kappa shape index (κ3) is 6.12. The van der Waals surface area contributed by atoms with Crippen molar-refractivity contribution < 1.29 is 50.0 Å². The van der Waals surface area contributed by atoms with Crippen LogP contribution >= 0.6 is 0 Å². The lowest BCUT2D eigenvalue weighted by molar-refractivity contribution is -0.894. The van der Waals surface area contributed by atoms with Gasteiger partial charge in [-0.25, -0.2) is 0 Å². The molecular weight excluding hydrogens is 650 g/mol. The number of hydrogen-bond acceptors (Lipinski definition) is 8. The summed E-state index contributed by atoms with van der Waals surface area (Å²) in [5.41, 5.74) is 0.238. The van der Waals surface area contributed by atoms with E-state index >= 15 is 0 Å². The third-order valence-corrected chi connectivity index (χ3v) is 14.5. The van der Waals surface area contributed by atoms with E-state index in [0.717, 1.165) is 82.3 Å². The van der Waals surface area contributed by atoms with Gasteiger partial charge in [0, 0.05) is 70.4 Å². The highest BCUT2D eigenvalue weighted by Crippen LogP contribution is 2.67. The Labute approximate surface area is 287 Å². The fourth-order valence-corrected chi connectivity index (χ4v) is 12.0. The molecule has 3 aliphatic heterocycles. The van der Waals surface area contributed by atoms with Gasteiger partial charge in [0.2, 0.25) is 0 Å². The second-order valence-corrected chi connectivity index (χ2v) is 17.3. The van der Waals surface area contributed by atoms with Gasteiger partial charge in [0.05, 0.1) is 40.4 Å². The third-order valence-electron chi connectivity index (χ3n) is 14.5. The second kappa shape index (κ2) is 12.8. The summed E-state index contributed by atoms with van der Waals surface area (Å²) < 4.78 is 25.7. The molecule has 0 aromatic heterocycles. The number of likely N-dealkylation sites (N-methyl/N-ethyl adjacent to an activating group) is 1. The molecule has 262 valence electrons. The molecule has 4 aliphatic carbocycles. The molecular formula is C36H60BrN3O6. The average molecular weight is 711 g/mol. The number of halogens is 1. The highest BCUT2D eigenvalue weighted by atomic mass is 79.9. The Hall–Kier alpha value is -0.780. The van der Waals surface area contributed by atoms with Gasteiger partial charge in [-0.2, -0.15) is 0 Å². The Morgan fingerprint density at radius 1 is 0.761 bits per heavy atom. The fraction of sp³-hybridized carbons (Fsp3) is 0.944. The minimum Gasteiger partial charge on any atom is -1.00 e. The van der Waals surface area contributed by atoms with Crippen molar-refractivity contribution >= 4 is 11.9 Å². The standard InChI is InChI=1S/C36H60N3O6.BrH/c1-24(40)44-32-21-26-7-8-27-28(35(26,4)23-31(32)37-13-11-36(12-14-37)42-19-20-43-36)9-10-34(3)29(27)22-30(33(34)45-25(2)41)38-15-17-39(5,6)18-16-38;/h26-33H,7-23H2,1-6H3;1H/q+1;/p-1/t26?,27-,28-,29+,30?,31?,32?,33?,34+,35+;/m1./s1. The first-order valence-corrected chi connectivity index (χ1v) is 18.2.